The minimum atomic E-state index is -0.655. The van der Waals surface area contributed by atoms with Crippen molar-refractivity contribution >= 4 is 43.2 Å². The molecule has 0 fully saturated rings. The minimum Gasteiger partial charge on any atom is -0.482 e. The third-order valence-corrected chi connectivity index (χ3v) is 7.27. The van der Waals surface area contributed by atoms with Gasteiger partial charge in [0.2, 0.25) is 0 Å². The average Bonchev–Trinajstić information content (AvgIpc) is 2.88. The highest BCUT2D eigenvalue weighted by Gasteiger charge is 2.17. The smallest absolute Gasteiger partial charge is 0.166 e. The van der Waals surface area contributed by atoms with Gasteiger partial charge in [0.15, 0.2) is 11.6 Å². The number of ether oxygens (including phenoxy) is 2. The first kappa shape index (κ1) is 33.1. The molecule has 0 saturated carbocycles. The normalized spacial score (nSPS) is 14.0. The van der Waals surface area contributed by atoms with Crippen LogP contribution in [0.4, 0.5) is 15.9 Å². The van der Waals surface area contributed by atoms with Crippen molar-refractivity contribution in [3.63, 3.8) is 0 Å². The second-order valence-corrected chi connectivity index (χ2v) is 15.3. The lowest BCUT2D eigenvalue weighted by molar-refractivity contribution is 0.159. The summed E-state index contributed by atoms with van der Waals surface area (Å²) in [6.07, 6.45) is 11.4. The molecule has 6 N–H and O–H groups in total. The van der Waals surface area contributed by atoms with Crippen molar-refractivity contribution in [1.82, 2.24) is 10.3 Å². The van der Waals surface area contributed by atoms with Crippen LogP contribution < -0.4 is 26.8 Å². The first-order valence-corrected chi connectivity index (χ1v) is 16.4. The quantitative estimate of drug-likeness (QED) is 0.157. The van der Waals surface area contributed by atoms with Crippen molar-refractivity contribution in [3.05, 3.63) is 69.9 Å². The lowest BCUT2D eigenvalue weighted by atomic mass is 10.1. The van der Waals surface area contributed by atoms with Gasteiger partial charge in [-0.25, -0.2) is 24.4 Å². The molecule has 9 nitrogen and oxygen atoms in total. The third kappa shape index (κ3) is 12.0. The number of pyridine rings is 1. The maximum atomic E-state index is 14.3. The van der Waals surface area contributed by atoms with E-state index in [0.717, 1.165) is 11.4 Å². The van der Waals surface area contributed by atoms with Gasteiger partial charge in [-0.1, -0.05) is 6.08 Å². The Morgan fingerprint density at radius 2 is 2.08 bits per heavy atom. The van der Waals surface area contributed by atoms with Crippen LogP contribution in [0, 0.1) is 17.1 Å². The number of likely N-dealkylation sites (N-methyl/N-ethyl adjacent to an activating group) is 1. The highest BCUT2D eigenvalue weighted by molar-refractivity contribution is 9.10. The molecule has 40 heavy (non-hydrogen) atoms. The lowest BCUT2D eigenvalue weighted by Gasteiger charge is -2.24. The molecule has 0 aliphatic rings. The standard InChI is InChI=1S/C28H39BrFN7O2S/c1-19(39-27-12-20(29)17-35-28(27)33)25-13-21(30)6-7-26(25)37-23(8-9-34-2)14-22(32)15-24(16-31)36-18-38-10-11-40(3,4)5/h6-8,12-13,15,17,19,34,37H,9-11,14,18,32H2,1-5H3,(H2,33,35)/b22-15?,23-8-,36-24?/t19-/m1/s1. The monoisotopic (exact) mass is 635 g/mol. The van der Waals surface area contributed by atoms with Gasteiger partial charge in [0.05, 0.1) is 6.61 Å². The lowest BCUT2D eigenvalue weighted by Crippen LogP contribution is -2.14. The van der Waals surface area contributed by atoms with Crippen molar-refractivity contribution < 1.29 is 13.9 Å². The Morgan fingerprint density at radius 1 is 1.32 bits per heavy atom. The Kier molecular flexibility index (Phi) is 13.4. The number of nitrogens with one attached hydrogen (secondary N) is 2. The Hall–Kier alpha value is -3.11. The van der Waals surface area contributed by atoms with Crippen molar-refractivity contribution in [2.45, 2.75) is 19.4 Å². The average molecular weight is 637 g/mol. The molecule has 1 aromatic carbocycles. The van der Waals surface area contributed by atoms with Crippen molar-refractivity contribution in [3.8, 4) is 11.8 Å². The summed E-state index contributed by atoms with van der Waals surface area (Å²) >= 11 is 3.36. The van der Waals surface area contributed by atoms with Crippen LogP contribution in [0.1, 0.15) is 25.0 Å². The van der Waals surface area contributed by atoms with Crippen LogP contribution >= 0.6 is 26.0 Å². The summed E-state index contributed by atoms with van der Waals surface area (Å²) in [5.74, 6) is 1.17. The molecule has 2 aromatic rings. The van der Waals surface area contributed by atoms with Crippen LogP contribution in [0.3, 0.4) is 0 Å². The summed E-state index contributed by atoms with van der Waals surface area (Å²) in [4.78, 5) is 8.30. The molecule has 0 amide bonds. The molecule has 12 heteroatoms. The van der Waals surface area contributed by atoms with E-state index in [1.807, 2.05) is 13.1 Å². The number of halogens is 2. The predicted octanol–water partition coefficient (Wildman–Crippen LogP) is 5.09. The molecular weight excluding hydrogens is 597 g/mol. The van der Waals surface area contributed by atoms with E-state index in [9.17, 15) is 9.65 Å². The van der Waals surface area contributed by atoms with E-state index in [4.69, 9.17) is 20.9 Å². The number of rotatable bonds is 15. The maximum Gasteiger partial charge on any atom is 0.166 e. The summed E-state index contributed by atoms with van der Waals surface area (Å²) in [7, 11) is 1.17. The molecule has 1 heterocycles. The zero-order chi connectivity index (χ0) is 29.7. The van der Waals surface area contributed by atoms with Crippen LogP contribution in [0.25, 0.3) is 0 Å². The van der Waals surface area contributed by atoms with Crippen LogP contribution in [-0.4, -0.2) is 62.1 Å². The fraction of sp³-hybridized carbons (Fsp3) is 0.393. The Labute approximate surface area is 246 Å². The summed E-state index contributed by atoms with van der Waals surface area (Å²) in [6, 6.07) is 8.18. The van der Waals surface area contributed by atoms with Gasteiger partial charge in [-0.2, -0.15) is 5.26 Å². The summed E-state index contributed by atoms with van der Waals surface area (Å²) in [5.41, 5.74) is 14.8. The van der Waals surface area contributed by atoms with Gasteiger partial charge < -0.3 is 31.6 Å². The second kappa shape index (κ2) is 16.2. The number of nitrogens with zero attached hydrogens (tertiary/aromatic N) is 3. The number of nitrogens with two attached hydrogens (primary N) is 2. The summed E-state index contributed by atoms with van der Waals surface area (Å²) in [5, 5.41) is 15.9. The number of nitrogen functional groups attached to an aromatic ring is 1. The SMILES string of the molecule is CNC/C=C(/CC(N)=CC(C#N)=NCOCCS(C)(C)C)Nc1ccc(F)cc1[C@@H](C)Oc1cc(Br)cnc1N. The van der Waals surface area contributed by atoms with Crippen LogP contribution in [0.5, 0.6) is 5.75 Å². The number of allylic oxidation sites excluding steroid dienone is 1. The van der Waals surface area contributed by atoms with Crippen LogP contribution in [-0.2, 0) is 4.74 Å². The number of benzene rings is 1. The van der Waals surface area contributed by atoms with Gasteiger partial charge in [-0.15, -0.1) is 0 Å². The van der Waals surface area contributed by atoms with Crippen LogP contribution in [0.2, 0.25) is 0 Å². The van der Waals surface area contributed by atoms with Crippen molar-refractivity contribution in [1.29, 1.82) is 5.26 Å². The van der Waals surface area contributed by atoms with Gasteiger partial charge in [0.1, 0.15) is 30.4 Å². The molecule has 0 unspecified atom stereocenters. The van der Waals surface area contributed by atoms with E-state index in [1.165, 1.54) is 18.2 Å². The first-order chi connectivity index (χ1) is 18.9. The van der Waals surface area contributed by atoms with Crippen molar-refractivity contribution in [2.24, 2.45) is 10.7 Å². The molecule has 0 spiro atoms. The number of aliphatic imine (C=N–C) groups is 1. The van der Waals surface area contributed by atoms with E-state index < -0.39 is 21.9 Å². The molecule has 0 aliphatic heterocycles. The molecular formula is C28H39BrFN7O2S. The van der Waals surface area contributed by atoms with E-state index in [2.05, 4.69) is 61.4 Å². The highest BCUT2D eigenvalue weighted by atomic mass is 79.9. The Bertz CT molecular complexity index is 1270. The Morgan fingerprint density at radius 3 is 2.75 bits per heavy atom. The Balaban J connectivity index is 2.20. The first-order valence-electron chi connectivity index (χ1n) is 12.5. The fourth-order valence-corrected chi connectivity index (χ4v) is 4.31. The van der Waals surface area contributed by atoms with E-state index in [0.29, 0.717) is 46.7 Å². The molecule has 2 rings (SSSR count). The maximum absolute atomic E-state index is 14.3. The topological polar surface area (TPSA) is 144 Å². The second-order valence-electron chi connectivity index (χ2n) is 9.82. The zero-order valence-electron chi connectivity index (χ0n) is 23.6. The molecule has 1 aromatic heterocycles. The number of anilines is 2. The number of aromatic nitrogens is 1. The summed E-state index contributed by atoms with van der Waals surface area (Å²) in [6.45, 7) is 3.04. The van der Waals surface area contributed by atoms with Crippen molar-refractivity contribution in [2.75, 3.05) is 62.5 Å². The molecule has 1 atom stereocenters. The number of nitriles is 1. The van der Waals surface area contributed by atoms with E-state index in [1.54, 1.807) is 25.3 Å². The minimum absolute atomic E-state index is 0.0950. The predicted molar refractivity (Wildman–Crippen MR) is 168 cm³/mol. The largest absolute Gasteiger partial charge is 0.482 e. The van der Waals surface area contributed by atoms with E-state index in [-0.39, 0.29) is 18.3 Å². The molecule has 218 valence electrons. The van der Waals surface area contributed by atoms with Gasteiger partial charge in [-0.05, 0) is 79.0 Å². The number of hydrogen-bond acceptors (Lipinski definition) is 9. The van der Waals surface area contributed by atoms with Gasteiger partial charge in [-0.3, -0.25) is 0 Å². The molecule has 0 saturated heterocycles. The van der Waals surface area contributed by atoms with Gasteiger partial charge in [0, 0.05) is 52.0 Å². The zero-order valence-corrected chi connectivity index (χ0v) is 26.0. The molecule has 0 radical (unpaired) electrons. The van der Waals surface area contributed by atoms with Crippen LogP contribution in [0.15, 0.2) is 63.5 Å². The third-order valence-electron chi connectivity index (χ3n) is 5.45. The highest BCUT2D eigenvalue weighted by Crippen LogP contribution is 2.34. The van der Waals surface area contributed by atoms with Gasteiger partial charge in [0.25, 0.3) is 0 Å². The number of hydrogen-bond donors (Lipinski definition) is 4. The molecule has 0 aliphatic carbocycles. The molecule has 0 bridgehead atoms. The summed E-state index contributed by atoms with van der Waals surface area (Å²) < 4.78 is 26.6. The van der Waals surface area contributed by atoms with Gasteiger partial charge >= 0.3 is 0 Å². The fourth-order valence-electron chi connectivity index (χ4n) is 3.38. The van der Waals surface area contributed by atoms with E-state index >= 15 is 0 Å².